The van der Waals surface area contributed by atoms with Crippen molar-refractivity contribution in [2.75, 3.05) is 21.3 Å². The van der Waals surface area contributed by atoms with Crippen molar-refractivity contribution in [1.29, 1.82) is 0 Å². The van der Waals surface area contributed by atoms with Crippen LogP contribution in [0.3, 0.4) is 0 Å². The number of ether oxygens (including phenoxy) is 2. The van der Waals surface area contributed by atoms with Gasteiger partial charge in [0.05, 0.1) is 19.1 Å². The molecule has 2 aromatic rings. The third-order valence-electron chi connectivity index (χ3n) is 3.99. The second-order valence-corrected chi connectivity index (χ2v) is 6.11. The Morgan fingerprint density at radius 1 is 1.19 bits per heavy atom. The lowest BCUT2D eigenvalue weighted by molar-refractivity contribution is -0.384. The number of rotatable bonds is 6. The van der Waals surface area contributed by atoms with Crippen molar-refractivity contribution in [2.24, 2.45) is 0 Å². The molecule has 138 valence electrons. The van der Waals surface area contributed by atoms with Crippen LogP contribution in [-0.2, 0) is 6.54 Å². The summed E-state index contributed by atoms with van der Waals surface area (Å²) in [4.78, 5) is 24.6. The Hall–Kier alpha value is -2.80. The van der Waals surface area contributed by atoms with Crippen LogP contribution in [0.1, 0.15) is 21.5 Å². The van der Waals surface area contributed by atoms with E-state index in [4.69, 9.17) is 21.1 Å². The molecular weight excluding hydrogens is 360 g/mol. The Kier molecular flexibility index (Phi) is 6.05. The normalized spacial score (nSPS) is 10.3. The Bertz CT molecular complexity index is 828. The molecule has 0 saturated heterocycles. The number of carbonyl (C=O) groups is 1. The molecule has 8 heteroatoms. The monoisotopic (exact) mass is 378 g/mol. The van der Waals surface area contributed by atoms with Gasteiger partial charge in [-0.1, -0.05) is 11.6 Å². The van der Waals surface area contributed by atoms with Gasteiger partial charge in [-0.2, -0.15) is 0 Å². The van der Waals surface area contributed by atoms with E-state index in [1.165, 1.54) is 37.3 Å². The maximum absolute atomic E-state index is 12.8. The molecule has 0 bridgehead atoms. The van der Waals surface area contributed by atoms with E-state index >= 15 is 0 Å². The molecule has 0 saturated carbocycles. The lowest BCUT2D eigenvalue weighted by Crippen LogP contribution is -2.26. The fourth-order valence-electron chi connectivity index (χ4n) is 2.55. The molecule has 0 aromatic heterocycles. The van der Waals surface area contributed by atoms with Gasteiger partial charge in [-0.05, 0) is 30.7 Å². The van der Waals surface area contributed by atoms with Crippen molar-refractivity contribution >= 4 is 23.2 Å². The van der Waals surface area contributed by atoms with Gasteiger partial charge >= 0.3 is 0 Å². The first-order chi connectivity index (χ1) is 12.3. The van der Waals surface area contributed by atoms with Crippen LogP contribution < -0.4 is 9.47 Å². The Morgan fingerprint density at radius 2 is 1.77 bits per heavy atom. The number of non-ortho nitro benzene ring substituents is 1. The first-order valence-corrected chi connectivity index (χ1v) is 8.07. The smallest absolute Gasteiger partial charge is 0.269 e. The van der Waals surface area contributed by atoms with E-state index in [1.54, 1.807) is 19.2 Å². The molecular formula is C18H19ClN2O5. The predicted octanol–water partition coefficient (Wildman–Crippen LogP) is 3.85. The van der Waals surface area contributed by atoms with Crippen LogP contribution in [0, 0.1) is 17.0 Å². The highest BCUT2D eigenvalue weighted by Crippen LogP contribution is 2.30. The molecule has 0 aliphatic heterocycles. The van der Waals surface area contributed by atoms with E-state index in [0.717, 1.165) is 5.56 Å². The number of nitro groups is 1. The zero-order chi connectivity index (χ0) is 19.4. The minimum absolute atomic E-state index is 0.0797. The Labute approximate surface area is 156 Å². The third-order valence-corrected chi connectivity index (χ3v) is 4.36. The van der Waals surface area contributed by atoms with Gasteiger partial charge in [0.15, 0.2) is 0 Å². The van der Waals surface area contributed by atoms with Crippen LogP contribution >= 0.6 is 11.6 Å². The molecule has 0 aliphatic carbocycles. The number of nitrogens with zero attached hydrogens (tertiary/aromatic N) is 2. The minimum atomic E-state index is -0.503. The quantitative estimate of drug-likeness (QED) is 0.563. The topological polar surface area (TPSA) is 81.9 Å². The fourth-order valence-corrected chi connectivity index (χ4v) is 2.73. The molecule has 0 fully saturated rings. The number of hydrogen-bond donors (Lipinski definition) is 0. The molecule has 0 N–H and O–H groups in total. The van der Waals surface area contributed by atoms with Gasteiger partial charge in [-0.15, -0.1) is 0 Å². The largest absolute Gasteiger partial charge is 0.496 e. The molecule has 2 aromatic carbocycles. The zero-order valence-corrected chi connectivity index (χ0v) is 15.7. The van der Waals surface area contributed by atoms with Gasteiger partial charge < -0.3 is 14.4 Å². The van der Waals surface area contributed by atoms with E-state index in [-0.39, 0.29) is 18.1 Å². The summed E-state index contributed by atoms with van der Waals surface area (Å²) in [5, 5.41) is 11.3. The lowest BCUT2D eigenvalue weighted by atomic mass is 10.1. The fraction of sp³-hybridized carbons (Fsp3) is 0.278. The SMILES string of the molecule is COc1cc(C(=O)N(C)Cc2cc([N+](=O)[O-])ccc2Cl)cc(OC)c1C. The minimum Gasteiger partial charge on any atom is -0.496 e. The van der Waals surface area contributed by atoms with Gasteiger partial charge in [0.25, 0.3) is 11.6 Å². The molecule has 0 heterocycles. The molecule has 0 spiro atoms. The molecule has 0 radical (unpaired) electrons. The van der Waals surface area contributed by atoms with Crippen LogP contribution in [0.15, 0.2) is 30.3 Å². The van der Waals surface area contributed by atoms with E-state index in [1.807, 2.05) is 6.92 Å². The summed E-state index contributed by atoms with van der Waals surface area (Å²) in [6.45, 7) is 1.95. The van der Waals surface area contributed by atoms with E-state index in [0.29, 0.717) is 27.6 Å². The molecule has 0 unspecified atom stereocenters. The highest BCUT2D eigenvalue weighted by molar-refractivity contribution is 6.31. The molecule has 0 aliphatic rings. The Morgan fingerprint density at radius 3 is 2.27 bits per heavy atom. The van der Waals surface area contributed by atoms with Gasteiger partial charge in [-0.25, -0.2) is 0 Å². The summed E-state index contributed by atoms with van der Waals surface area (Å²) in [6, 6.07) is 7.40. The first kappa shape index (κ1) is 19.5. The maximum Gasteiger partial charge on any atom is 0.269 e. The lowest BCUT2D eigenvalue weighted by Gasteiger charge is -2.19. The highest BCUT2D eigenvalue weighted by atomic mass is 35.5. The van der Waals surface area contributed by atoms with E-state index < -0.39 is 4.92 Å². The van der Waals surface area contributed by atoms with Gasteiger partial charge in [0, 0.05) is 41.9 Å². The van der Waals surface area contributed by atoms with Crippen molar-refractivity contribution in [3.63, 3.8) is 0 Å². The summed E-state index contributed by atoms with van der Waals surface area (Å²) >= 11 is 6.11. The van der Waals surface area contributed by atoms with Crippen LogP contribution in [0.5, 0.6) is 11.5 Å². The molecule has 7 nitrogen and oxygen atoms in total. The molecule has 2 rings (SSSR count). The van der Waals surface area contributed by atoms with Gasteiger partial charge in [0.2, 0.25) is 0 Å². The standard InChI is InChI=1S/C18H19ClN2O5/c1-11-16(25-3)8-12(9-17(11)26-4)18(22)20(2)10-13-7-14(21(23)24)5-6-15(13)19/h5-9H,10H2,1-4H3. The summed E-state index contributed by atoms with van der Waals surface area (Å²) in [6.07, 6.45) is 0. The molecule has 26 heavy (non-hydrogen) atoms. The number of halogens is 1. The summed E-state index contributed by atoms with van der Waals surface area (Å²) in [5.74, 6) is 0.785. The maximum atomic E-state index is 12.8. The third kappa shape index (κ3) is 4.05. The van der Waals surface area contributed by atoms with Crippen LogP contribution in [0.2, 0.25) is 5.02 Å². The summed E-state index contributed by atoms with van der Waals surface area (Å²) in [5.41, 5.74) is 1.58. The van der Waals surface area contributed by atoms with E-state index in [2.05, 4.69) is 0 Å². The number of amides is 1. The van der Waals surface area contributed by atoms with Crippen molar-refractivity contribution in [3.8, 4) is 11.5 Å². The average molecular weight is 379 g/mol. The molecule has 0 atom stereocenters. The van der Waals surface area contributed by atoms with Crippen LogP contribution in [-0.4, -0.2) is 37.0 Å². The summed E-state index contributed by atoms with van der Waals surface area (Å²) < 4.78 is 10.6. The first-order valence-electron chi connectivity index (χ1n) is 7.69. The predicted molar refractivity (Wildman–Crippen MR) is 98.2 cm³/mol. The summed E-state index contributed by atoms with van der Waals surface area (Å²) in [7, 11) is 4.63. The van der Waals surface area contributed by atoms with Crippen molar-refractivity contribution in [2.45, 2.75) is 13.5 Å². The highest BCUT2D eigenvalue weighted by Gasteiger charge is 2.19. The number of benzene rings is 2. The number of hydrogen-bond acceptors (Lipinski definition) is 5. The Balaban J connectivity index is 2.31. The van der Waals surface area contributed by atoms with Crippen molar-refractivity contribution in [3.05, 3.63) is 62.2 Å². The molecule has 1 amide bonds. The van der Waals surface area contributed by atoms with Crippen LogP contribution in [0.4, 0.5) is 5.69 Å². The van der Waals surface area contributed by atoms with Crippen LogP contribution in [0.25, 0.3) is 0 Å². The second-order valence-electron chi connectivity index (χ2n) is 5.70. The number of nitro benzene ring substituents is 1. The van der Waals surface area contributed by atoms with Gasteiger partial charge in [-0.3, -0.25) is 14.9 Å². The van der Waals surface area contributed by atoms with Crippen molar-refractivity contribution < 1.29 is 19.2 Å². The number of carbonyl (C=O) groups excluding carboxylic acids is 1. The van der Waals surface area contributed by atoms with Gasteiger partial charge in [0.1, 0.15) is 11.5 Å². The average Bonchev–Trinajstić information content (AvgIpc) is 2.62. The zero-order valence-electron chi connectivity index (χ0n) is 14.9. The number of methoxy groups -OCH3 is 2. The second kappa shape index (κ2) is 8.05. The van der Waals surface area contributed by atoms with E-state index in [9.17, 15) is 14.9 Å². The van der Waals surface area contributed by atoms with Crippen molar-refractivity contribution in [1.82, 2.24) is 4.90 Å².